The molecule has 1 amide bonds. The van der Waals surface area contributed by atoms with Crippen LogP contribution in [0, 0.1) is 0 Å². The third-order valence-electron chi connectivity index (χ3n) is 3.99. The van der Waals surface area contributed by atoms with Gasteiger partial charge in [-0.05, 0) is 29.7 Å². The van der Waals surface area contributed by atoms with Gasteiger partial charge in [-0.3, -0.25) is 4.79 Å². The van der Waals surface area contributed by atoms with Crippen LogP contribution in [-0.2, 0) is 16.6 Å². The second kappa shape index (κ2) is 3.00. The first kappa shape index (κ1) is 9.70. The van der Waals surface area contributed by atoms with E-state index in [-0.39, 0.29) is 17.4 Å². The molecule has 1 aliphatic heterocycles. The lowest BCUT2D eigenvalue weighted by Gasteiger charge is -2.23. The second-order valence-electron chi connectivity index (χ2n) is 4.94. The zero-order chi connectivity index (χ0) is 11.3. The zero-order valence-electron chi connectivity index (χ0n) is 9.54. The molecule has 1 fully saturated rings. The summed E-state index contributed by atoms with van der Waals surface area (Å²) in [5.74, 6) is 1.04. The Bertz CT molecular complexity index is 469. The lowest BCUT2D eigenvalue weighted by molar-refractivity contribution is -0.119. The molecular formula is C13H15NO2. The Morgan fingerprint density at radius 1 is 1.50 bits per heavy atom. The van der Waals surface area contributed by atoms with E-state index in [0.717, 1.165) is 12.2 Å². The normalized spacial score (nSPS) is 30.9. The minimum atomic E-state index is -0.0407. The van der Waals surface area contributed by atoms with Gasteiger partial charge >= 0.3 is 0 Å². The number of carbonyl (C=O) groups excluding carboxylic acids is 1. The molecule has 0 aromatic heterocycles. The number of methoxy groups -OCH3 is 1. The summed E-state index contributed by atoms with van der Waals surface area (Å²) in [5, 5.41) is 3.06. The predicted octanol–water partition coefficient (Wildman–Crippen LogP) is 1.40. The lowest BCUT2D eigenvalue weighted by atomic mass is 9.80. The van der Waals surface area contributed by atoms with Crippen molar-refractivity contribution in [3.63, 3.8) is 0 Å². The van der Waals surface area contributed by atoms with E-state index >= 15 is 0 Å². The Labute approximate surface area is 94.8 Å². The largest absolute Gasteiger partial charge is 0.497 e. The van der Waals surface area contributed by atoms with Gasteiger partial charge in [0.25, 0.3) is 0 Å². The standard InChI is InChI=1S/C13H15NO2/c1-13-7-12(15)14-11(13)5-8-3-4-9(16-2)6-10(8)13/h3-4,6,11H,5,7H2,1-2H3,(H,14,15). The maximum Gasteiger partial charge on any atom is 0.221 e. The van der Waals surface area contributed by atoms with Crippen LogP contribution >= 0.6 is 0 Å². The fourth-order valence-electron chi connectivity index (χ4n) is 3.03. The Balaban J connectivity index is 2.11. The molecule has 3 rings (SSSR count). The first-order chi connectivity index (χ1) is 7.63. The monoisotopic (exact) mass is 217 g/mol. The highest BCUT2D eigenvalue weighted by molar-refractivity contribution is 5.82. The van der Waals surface area contributed by atoms with E-state index in [4.69, 9.17) is 4.74 Å². The highest BCUT2D eigenvalue weighted by Crippen LogP contribution is 2.45. The van der Waals surface area contributed by atoms with Crippen molar-refractivity contribution in [3.05, 3.63) is 29.3 Å². The summed E-state index contributed by atoms with van der Waals surface area (Å²) in [6.45, 7) is 2.17. The Kier molecular flexibility index (Phi) is 1.82. The van der Waals surface area contributed by atoms with Gasteiger partial charge in [0.05, 0.1) is 7.11 Å². The van der Waals surface area contributed by atoms with Crippen LogP contribution in [0.25, 0.3) is 0 Å². The van der Waals surface area contributed by atoms with Gasteiger partial charge < -0.3 is 10.1 Å². The smallest absolute Gasteiger partial charge is 0.221 e. The number of fused-ring (bicyclic) bond motifs is 3. The maximum absolute atomic E-state index is 11.5. The molecule has 16 heavy (non-hydrogen) atoms. The van der Waals surface area contributed by atoms with Crippen LogP contribution in [0.5, 0.6) is 5.75 Å². The summed E-state index contributed by atoms with van der Waals surface area (Å²) in [6.07, 6.45) is 1.54. The van der Waals surface area contributed by atoms with Crippen molar-refractivity contribution >= 4 is 5.91 Å². The van der Waals surface area contributed by atoms with Gasteiger partial charge in [0.15, 0.2) is 0 Å². The van der Waals surface area contributed by atoms with Crippen molar-refractivity contribution in [2.45, 2.75) is 31.2 Å². The van der Waals surface area contributed by atoms with Gasteiger partial charge in [-0.2, -0.15) is 0 Å². The molecule has 1 heterocycles. The molecule has 2 unspecified atom stereocenters. The Hall–Kier alpha value is -1.51. The summed E-state index contributed by atoms with van der Waals surface area (Å²) in [4.78, 5) is 11.5. The van der Waals surface area contributed by atoms with E-state index in [0.29, 0.717) is 6.42 Å². The second-order valence-corrected chi connectivity index (χ2v) is 4.94. The summed E-state index contributed by atoms with van der Waals surface area (Å²) >= 11 is 0. The molecule has 3 nitrogen and oxygen atoms in total. The van der Waals surface area contributed by atoms with Gasteiger partial charge in [-0.25, -0.2) is 0 Å². The van der Waals surface area contributed by atoms with Gasteiger partial charge in [-0.1, -0.05) is 13.0 Å². The molecule has 2 atom stereocenters. The van der Waals surface area contributed by atoms with E-state index < -0.39 is 0 Å². The third kappa shape index (κ3) is 1.11. The molecule has 0 saturated carbocycles. The van der Waals surface area contributed by atoms with Crippen LogP contribution in [0.1, 0.15) is 24.5 Å². The summed E-state index contributed by atoms with van der Waals surface area (Å²) < 4.78 is 5.25. The maximum atomic E-state index is 11.5. The number of ether oxygens (including phenoxy) is 1. The molecule has 1 aliphatic carbocycles. The first-order valence-electron chi connectivity index (χ1n) is 5.60. The van der Waals surface area contributed by atoms with Crippen LogP contribution in [-0.4, -0.2) is 19.1 Å². The molecule has 1 aromatic rings. The van der Waals surface area contributed by atoms with Gasteiger partial charge in [0.1, 0.15) is 5.75 Å². The molecule has 84 valence electrons. The number of benzene rings is 1. The number of rotatable bonds is 1. The van der Waals surface area contributed by atoms with Gasteiger partial charge in [-0.15, -0.1) is 0 Å². The van der Waals surface area contributed by atoms with E-state index in [9.17, 15) is 4.79 Å². The highest BCUT2D eigenvalue weighted by atomic mass is 16.5. The quantitative estimate of drug-likeness (QED) is 0.772. The fraction of sp³-hybridized carbons (Fsp3) is 0.462. The average molecular weight is 217 g/mol. The molecule has 1 N–H and O–H groups in total. The van der Waals surface area contributed by atoms with Crippen LogP contribution in [0.15, 0.2) is 18.2 Å². The fourth-order valence-corrected chi connectivity index (χ4v) is 3.03. The van der Waals surface area contributed by atoms with Crippen molar-refractivity contribution in [3.8, 4) is 5.75 Å². The number of amides is 1. The minimum Gasteiger partial charge on any atom is -0.497 e. The van der Waals surface area contributed by atoms with Crippen molar-refractivity contribution in [2.24, 2.45) is 0 Å². The summed E-state index contributed by atoms with van der Waals surface area (Å²) in [6, 6.07) is 6.45. The van der Waals surface area contributed by atoms with E-state index in [1.54, 1.807) is 7.11 Å². The predicted molar refractivity (Wildman–Crippen MR) is 60.6 cm³/mol. The average Bonchev–Trinajstić information content (AvgIpc) is 2.67. The van der Waals surface area contributed by atoms with Crippen molar-refractivity contribution in [2.75, 3.05) is 7.11 Å². The van der Waals surface area contributed by atoms with Gasteiger partial charge in [0, 0.05) is 17.9 Å². The van der Waals surface area contributed by atoms with E-state index in [2.05, 4.69) is 24.4 Å². The number of nitrogens with one attached hydrogen (secondary N) is 1. The van der Waals surface area contributed by atoms with Crippen LogP contribution < -0.4 is 10.1 Å². The van der Waals surface area contributed by atoms with Crippen LogP contribution in [0.3, 0.4) is 0 Å². The lowest BCUT2D eigenvalue weighted by Crippen LogP contribution is -2.34. The van der Waals surface area contributed by atoms with E-state index in [1.807, 2.05) is 6.07 Å². The third-order valence-corrected chi connectivity index (χ3v) is 3.99. The van der Waals surface area contributed by atoms with Crippen molar-refractivity contribution < 1.29 is 9.53 Å². The highest BCUT2D eigenvalue weighted by Gasteiger charge is 2.49. The van der Waals surface area contributed by atoms with Gasteiger partial charge in [0.2, 0.25) is 5.91 Å². The van der Waals surface area contributed by atoms with Crippen molar-refractivity contribution in [1.82, 2.24) is 5.32 Å². The number of hydrogen-bond acceptors (Lipinski definition) is 2. The zero-order valence-corrected chi connectivity index (χ0v) is 9.54. The summed E-state index contributed by atoms with van der Waals surface area (Å²) in [5.41, 5.74) is 2.57. The molecule has 1 saturated heterocycles. The summed E-state index contributed by atoms with van der Waals surface area (Å²) in [7, 11) is 1.68. The number of hydrogen-bond donors (Lipinski definition) is 1. The molecule has 3 heteroatoms. The topological polar surface area (TPSA) is 38.3 Å². The van der Waals surface area contributed by atoms with Crippen LogP contribution in [0.2, 0.25) is 0 Å². The SMILES string of the molecule is COc1ccc2c(c1)C1(C)CC(=O)NC1C2. The molecular weight excluding hydrogens is 202 g/mol. The van der Waals surface area contributed by atoms with E-state index in [1.165, 1.54) is 11.1 Å². The Morgan fingerprint density at radius 3 is 3.06 bits per heavy atom. The molecule has 1 aromatic carbocycles. The van der Waals surface area contributed by atoms with Crippen molar-refractivity contribution in [1.29, 1.82) is 0 Å². The van der Waals surface area contributed by atoms with Crippen LogP contribution in [0.4, 0.5) is 0 Å². The molecule has 0 bridgehead atoms. The number of carbonyl (C=O) groups is 1. The first-order valence-corrected chi connectivity index (χ1v) is 5.60. The minimum absolute atomic E-state index is 0.0407. The Morgan fingerprint density at radius 2 is 2.31 bits per heavy atom. The molecule has 2 aliphatic rings. The molecule has 0 radical (unpaired) electrons. The molecule has 0 spiro atoms.